The van der Waals surface area contributed by atoms with Crippen molar-refractivity contribution in [1.82, 2.24) is 5.32 Å². The second kappa shape index (κ2) is 4.33. The summed E-state index contributed by atoms with van der Waals surface area (Å²) < 4.78 is 36.2. The van der Waals surface area contributed by atoms with Gasteiger partial charge in [0.2, 0.25) is 5.82 Å². The van der Waals surface area contributed by atoms with Gasteiger partial charge in [0.05, 0.1) is 4.47 Å². The van der Waals surface area contributed by atoms with Gasteiger partial charge in [0.1, 0.15) is 0 Å². The highest BCUT2D eigenvalue weighted by Gasteiger charge is 2.17. The van der Waals surface area contributed by atoms with Gasteiger partial charge in [-0.25, -0.2) is 9.18 Å². The summed E-state index contributed by atoms with van der Waals surface area (Å²) in [6.07, 6.45) is -0.760. The van der Waals surface area contributed by atoms with Crippen molar-refractivity contribution in [3.8, 4) is 5.95 Å². The molecule has 0 radical (unpaired) electrons. The number of nitrogens with one attached hydrogen (secondary N) is 1. The van der Waals surface area contributed by atoms with Gasteiger partial charge >= 0.3 is 6.09 Å². The molecular formula is C10H6BrF2NO3. The van der Waals surface area contributed by atoms with E-state index < -0.39 is 17.7 Å². The first-order chi connectivity index (χ1) is 8.02. The van der Waals surface area contributed by atoms with Crippen molar-refractivity contribution < 1.29 is 22.7 Å². The van der Waals surface area contributed by atoms with Crippen molar-refractivity contribution in [1.29, 1.82) is 0 Å². The summed E-state index contributed by atoms with van der Waals surface area (Å²) in [5.74, 6) is -2.41. The first kappa shape index (κ1) is 11.8. The van der Waals surface area contributed by atoms with Gasteiger partial charge in [0, 0.05) is 18.5 Å². The highest BCUT2D eigenvalue weighted by Crippen LogP contribution is 2.32. The number of amides is 1. The van der Waals surface area contributed by atoms with Crippen molar-refractivity contribution in [2.75, 3.05) is 7.05 Å². The van der Waals surface area contributed by atoms with E-state index in [1.165, 1.54) is 19.2 Å². The van der Waals surface area contributed by atoms with Crippen LogP contribution in [-0.4, -0.2) is 13.1 Å². The Morgan fingerprint density at radius 3 is 2.76 bits per heavy atom. The van der Waals surface area contributed by atoms with E-state index in [1.54, 1.807) is 0 Å². The monoisotopic (exact) mass is 305 g/mol. The van der Waals surface area contributed by atoms with Crippen molar-refractivity contribution in [3.05, 3.63) is 28.2 Å². The van der Waals surface area contributed by atoms with Gasteiger partial charge in [0.25, 0.3) is 5.95 Å². The van der Waals surface area contributed by atoms with Crippen LogP contribution in [-0.2, 0) is 0 Å². The summed E-state index contributed by atoms with van der Waals surface area (Å²) in [6, 6.07) is 2.62. The number of benzene rings is 1. The SMILES string of the molecule is CNC(=O)Oc1cc2cc(Br)c(F)c(F)c2o1. The Morgan fingerprint density at radius 1 is 1.41 bits per heavy atom. The van der Waals surface area contributed by atoms with Crippen LogP contribution < -0.4 is 10.1 Å². The number of hydrogen-bond acceptors (Lipinski definition) is 3. The standard InChI is InChI=1S/C10H6BrF2NO3/c1-14-10(15)17-6-3-4-2-5(11)7(12)8(13)9(4)16-6/h2-3H,1H3,(H,14,15). The minimum atomic E-state index is -1.14. The van der Waals surface area contributed by atoms with Gasteiger partial charge in [-0.2, -0.15) is 4.39 Å². The molecule has 0 bridgehead atoms. The zero-order chi connectivity index (χ0) is 12.6. The molecule has 4 nitrogen and oxygen atoms in total. The van der Waals surface area contributed by atoms with Crippen LogP contribution in [0.5, 0.6) is 5.95 Å². The number of halogens is 3. The Morgan fingerprint density at radius 2 is 2.12 bits per heavy atom. The minimum Gasteiger partial charge on any atom is -0.422 e. The zero-order valence-electron chi connectivity index (χ0n) is 8.51. The van der Waals surface area contributed by atoms with E-state index in [2.05, 4.69) is 26.0 Å². The molecule has 0 aliphatic rings. The first-order valence-electron chi connectivity index (χ1n) is 4.49. The Hall–Kier alpha value is -1.63. The van der Waals surface area contributed by atoms with Crippen LogP contribution in [0.4, 0.5) is 13.6 Å². The average molecular weight is 306 g/mol. The molecule has 2 rings (SSSR count). The lowest BCUT2D eigenvalue weighted by Gasteiger charge is -1.97. The molecule has 0 atom stereocenters. The maximum absolute atomic E-state index is 13.4. The van der Waals surface area contributed by atoms with E-state index >= 15 is 0 Å². The Balaban J connectivity index is 2.50. The van der Waals surface area contributed by atoms with E-state index in [0.29, 0.717) is 0 Å². The summed E-state index contributed by atoms with van der Waals surface area (Å²) >= 11 is 2.86. The van der Waals surface area contributed by atoms with Gasteiger partial charge in [-0.05, 0) is 22.0 Å². The molecule has 1 heterocycles. The molecule has 7 heteroatoms. The van der Waals surface area contributed by atoms with Crippen LogP contribution in [0.1, 0.15) is 0 Å². The largest absolute Gasteiger partial charge is 0.422 e. The fourth-order valence-electron chi connectivity index (χ4n) is 1.26. The topological polar surface area (TPSA) is 51.5 Å². The number of furan rings is 1. The number of carbonyl (C=O) groups excluding carboxylic acids is 1. The lowest BCUT2D eigenvalue weighted by atomic mass is 10.2. The quantitative estimate of drug-likeness (QED) is 0.823. The number of carbonyl (C=O) groups is 1. The van der Waals surface area contributed by atoms with Crippen molar-refractivity contribution in [2.24, 2.45) is 0 Å². The molecule has 1 aromatic carbocycles. The summed E-state index contributed by atoms with van der Waals surface area (Å²) in [5, 5.41) is 2.48. The van der Waals surface area contributed by atoms with Crippen LogP contribution in [0, 0.1) is 11.6 Å². The summed E-state index contributed by atoms with van der Waals surface area (Å²) in [4.78, 5) is 10.9. The number of ether oxygens (including phenoxy) is 1. The Labute approximate surface area is 103 Å². The lowest BCUT2D eigenvalue weighted by Crippen LogP contribution is -2.21. The predicted octanol–water partition coefficient (Wildman–Crippen LogP) is 3.19. The molecular weight excluding hydrogens is 300 g/mol. The van der Waals surface area contributed by atoms with Crippen molar-refractivity contribution in [3.63, 3.8) is 0 Å². The van der Waals surface area contributed by atoms with Crippen LogP contribution in [0.25, 0.3) is 11.0 Å². The fraction of sp³-hybridized carbons (Fsp3) is 0.100. The predicted molar refractivity (Wildman–Crippen MR) is 58.9 cm³/mol. The van der Waals surface area contributed by atoms with E-state index in [1.807, 2.05) is 0 Å². The number of fused-ring (bicyclic) bond motifs is 1. The molecule has 2 aromatic rings. The van der Waals surface area contributed by atoms with Crippen LogP contribution >= 0.6 is 15.9 Å². The fourth-order valence-corrected chi connectivity index (χ4v) is 1.68. The van der Waals surface area contributed by atoms with Crippen molar-refractivity contribution >= 4 is 33.0 Å². The van der Waals surface area contributed by atoms with Crippen molar-refractivity contribution in [2.45, 2.75) is 0 Å². The van der Waals surface area contributed by atoms with E-state index in [4.69, 9.17) is 4.42 Å². The summed E-state index contributed by atoms with van der Waals surface area (Å²) in [6.45, 7) is 0. The van der Waals surface area contributed by atoms with Crippen LogP contribution in [0.15, 0.2) is 21.0 Å². The Kier molecular flexibility index (Phi) is 3.01. The number of hydrogen-bond donors (Lipinski definition) is 1. The molecule has 0 aliphatic carbocycles. The third kappa shape index (κ3) is 2.10. The maximum Gasteiger partial charge on any atom is 0.414 e. The minimum absolute atomic E-state index is 0.0326. The summed E-state index contributed by atoms with van der Waals surface area (Å²) in [7, 11) is 1.36. The third-order valence-corrected chi connectivity index (χ3v) is 2.60. The molecule has 1 N–H and O–H groups in total. The molecule has 1 amide bonds. The molecule has 90 valence electrons. The molecule has 0 saturated carbocycles. The van der Waals surface area contributed by atoms with E-state index in [0.717, 1.165) is 0 Å². The van der Waals surface area contributed by atoms with Gasteiger partial charge in [-0.3, -0.25) is 0 Å². The third-order valence-electron chi connectivity index (χ3n) is 2.02. The highest BCUT2D eigenvalue weighted by atomic mass is 79.9. The van der Waals surface area contributed by atoms with E-state index in [-0.39, 0.29) is 21.4 Å². The molecule has 0 spiro atoms. The summed E-state index contributed by atoms with van der Waals surface area (Å²) in [5.41, 5.74) is -0.301. The molecule has 0 saturated heterocycles. The van der Waals surface area contributed by atoms with E-state index in [9.17, 15) is 13.6 Å². The van der Waals surface area contributed by atoms with Gasteiger partial charge < -0.3 is 14.5 Å². The molecule has 1 aromatic heterocycles. The Bertz CT molecular complexity index is 597. The van der Waals surface area contributed by atoms with Gasteiger partial charge in [-0.15, -0.1) is 0 Å². The molecule has 17 heavy (non-hydrogen) atoms. The van der Waals surface area contributed by atoms with Crippen LogP contribution in [0.3, 0.4) is 0 Å². The molecule has 0 aliphatic heterocycles. The molecule has 0 fully saturated rings. The lowest BCUT2D eigenvalue weighted by molar-refractivity contribution is 0.191. The smallest absolute Gasteiger partial charge is 0.414 e. The van der Waals surface area contributed by atoms with Crippen LogP contribution in [0.2, 0.25) is 0 Å². The average Bonchev–Trinajstić information content (AvgIpc) is 2.68. The number of rotatable bonds is 1. The normalized spacial score (nSPS) is 10.6. The first-order valence-corrected chi connectivity index (χ1v) is 5.29. The van der Waals surface area contributed by atoms with Gasteiger partial charge in [-0.1, -0.05) is 0 Å². The molecule has 0 unspecified atom stereocenters. The second-order valence-electron chi connectivity index (χ2n) is 3.11. The zero-order valence-corrected chi connectivity index (χ0v) is 10.1. The second-order valence-corrected chi connectivity index (χ2v) is 3.96. The highest BCUT2D eigenvalue weighted by molar-refractivity contribution is 9.10. The maximum atomic E-state index is 13.4. The van der Waals surface area contributed by atoms with Gasteiger partial charge in [0.15, 0.2) is 11.4 Å².